The van der Waals surface area contributed by atoms with Gasteiger partial charge < -0.3 is 15.3 Å². The van der Waals surface area contributed by atoms with Gasteiger partial charge in [0, 0.05) is 43.2 Å². The first kappa shape index (κ1) is 14.8. The van der Waals surface area contributed by atoms with E-state index in [4.69, 9.17) is 11.6 Å². The minimum absolute atomic E-state index is 0.114. The summed E-state index contributed by atoms with van der Waals surface area (Å²) in [4.78, 5) is 25.7. The molecule has 108 valence electrons. The summed E-state index contributed by atoms with van der Waals surface area (Å²) in [5.74, 6) is -0.908. The van der Waals surface area contributed by atoms with E-state index >= 15 is 0 Å². The lowest BCUT2D eigenvalue weighted by Crippen LogP contribution is -2.34. The highest BCUT2D eigenvalue weighted by Crippen LogP contribution is 2.25. The van der Waals surface area contributed by atoms with E-state index in [-0.39, 0.29) is 30.3 Å². The summed E-state index contributed by atoms with van der Waals surface area (Å²) in [5.41, 5.74) is 0.492. The highest BCUT2D eigenvalue weighted by atomic mass is 35.5. The van der Waals surface area contributed by atoms with Crippen molar-refractivity contribution in [3.8, 4) is 0 Å². The van der Waals surface area contributed by atoms with Gasteiger partial charge in [0.15, 0.2) is 0 Å². The first-order valence-electron chi connectivity index (χ1n) is 6.44. The van der Waals surface area contributed by atoms with E-state index in [0.29, 0.717) is 23.7 Å². The molecule has 1 aliphatic rings. The number of rotatable bonds is 3. The average molecular weight is 297 g/mol. The predicted molar refractivity (Wildman–Crippen MR) is 75.5 cm³/mol. The Kier molecular flexibility index (Phi) is 4.62. The van der Waals surface area contributed by atoms with Crippen molar-refractivity contribution in [2.24, 2.45) is 11.8 Å². The van der Waals surface area contributed by atoms with Crippen LogP contribution in [0.1, 0.15) is 10.4 Å². The first-order valence-corrected chi connectivity index (χ1v) is 6.82. The molecule has 1 aromatic carbocycles. The van der Waals surface area contributed by atoms with Crippen molar-refractivity contribution < 1.29 is 14.7 Å². The largest absolute Gasteiger partial charge is 0.396 e. The smallest absolute Gasteiger partial charge is 0.253 e. The SMILES string of the molecule is CNC(=O)[C@@H]1CN(C(=O)c2cccc(Cl)c2)C[C@H]1CO. The summed E-state index contributed by atoms with van der Waals surface area (Å²) < 4.78 is 0. The third-order valence-corrected chi connectivity index (χ3v) is 3.85. The fourth-order valence-electron chi connectivity index (χ4n) is 2.51. The van der Waals surface area contributed by atoms with E-state index in [9.17, 15) is 14.7 Å². The summed E-state index contributed by atoms with van der Waals surface area (Å²) in [6.45, 7) is 0.577. The molecule has 2 rings (SSSR count). The molecule has 2 atom stereocenters. The van der Waals surface area contributed by atoms with Crippen molar-refractivity contribution in [3.63, 3.8) is 0 Å². The Morgan fingerprint density at radius 2 is 2.20 bits per heavy atom. The second kappa shape index (κ2) is 6.24. The van der Waals surface area contributed by atoms with E-state index in [1.165, 1.54) is 0 Å². The van der Waals surface area contributed by atoms with Crippen LogP contribution in [0.3, 0.4) is 0 Å². The van der Waals surface area contributed by atoms with Gasteiger partial charge in [-0.2, -0.15) is 0 Å². The van der Waals surface area contributed by atoms with Crippen LogP contribution < -0.4 is 5.32 Å². The molecule has 0 radical (unpaired) electrons. The molecule has 0 bridgehead atoms. The Labute approximate surface area is 122 Å². The van der Waals surface area contributed by atoms with Crippen LogP contribution in [0.4, 0.5) is 0 Å². The van der Waals surface area contributed by atoms with Gasteiger partial charge >= 0.3 is 0 Å². The highest BCUT2D eigenvalue weighted by Gasteiger charge is 2.38. The highest BCUT2D eigenvalue weighted by molar-refractivity contribution is 6.30. The quantitative estimate of drug-likeness (QED) is 0.865. The lowest BCUT2D eigenvalue weighted by Gasteiger charge is -2.16. The van der Waals surface area contributed by atoms with Crippen LogP contribution in [0.5, 0.6) is 0 Å². The number of likely N-dealkylation sites (tertiary alicyclic amines) is 1. The molecule has 0 spiro atoms. The second-order valence-electron chi connectivity index (χ2n) is 4.88. The lowest BCUT2D eigenvalue weighted by molar-refractivity contribution is -0.125. The third kappa shape index (κ3) is 2.94. The van der Waals surface area contributed by atoms with Crippen molar-refractivity contribution in [1.29, 1.82) is 0 Å². The van der Waals surface area contributed by atoms with Crippen molar-refractivity contribution in [2.45, 2.75) is 0 Å². The standard InChI is InChI=1S/C14H17ClN2O3/c1-16-13(19)12-7-17(6-10(12)8-18)14(20)9-3-2-4-11(15)5-9/h2-5,10,12,18H,6-8H2,1H3,(H,16,19)/t10-,12+/m0/s1. The molecule has 1 heterocycles. The molecule has 6 heteroatoms. The monoisotopic (exact) mass is 296 g/mol. The van der Waals surface area contributed by atoms with Crippen molar-refractivity contribution >= 4 is 23.4 Å². The van der Waals surface area contributed by atoms with Crippen molar-refractivity contribution in [1.82, 2.24) is 10.2 Å². The van der Waals surface area contributed by atoms with E-state index in [1.54, 1.807) is 36.2 Å². The Morgan fingerprint density at radius 1 is 1.45 bits per heavy atom. The minimum atomic E-state index is -0.367. The van der Waals surface area contributed by atoms with E-state index in [1.807, 2.05) is 0 Å². The number of aliphatic hydroxyl groups is 1. The number of amides is 2. The molecule has 1 fully saturated rings. The summed E-state index contributed by atoms with van der Waals surface area (Å²) in [6.07, 6.45) is 0. The Balaban J connectivity index is 2.14. The molecule has 20 heavy (non-hydrogen) atoms. The van der Waals surface area contributed by atoms with Crippen LogP contribution in [0.15, 0.2) is 24.3 Å². The van der Waals surface area contributed by atoms with Gasteiger partial charge in [-0.05, 0) is 18.2 Å². The molecule has 2 N–H and O–H groups in total. The number of aliphatic hydroxyl groups excluding tert-OH is 1. The van der Waals surface area contributed by atoms with Gasteiger partial charge in [-0.3, -0.25) is 9.59 Å². The van der Waals surface area contributed by atoms with Crippen LogP contribution in [-0.2, 0) is 4.79 Å². The van der Waals surface area contributed by atoms with Gasteiger partial charge in [-0.15, -0.1) is 0 Å². The van der Waals surface area contributed by atoms with Crippen molar-refractivity contribution in [2.75, 3.05) is 26.7 Å². The Bertz CT molecular complexity index is 521. The fraction of sp³-hybridized carbons (Fsp3) is 0.429. The van der Waals surface area contributed by atoms with E-state index in [2.05, 4.69) is 5.32 Å². The van der Waals surface area contributed by atoms with Crippen molar-refractivity contribution in [3.05, 3.63) is 34.9 Å². The van der Waals surface area contributed by atoms with Crippen LogP contribution in [0.25, 0.3) is 0 Å². The van der Waals surface area contributed by atoms with E-state index in [0.717, 1.165) is 0 Å². The predicted octanol–water partition coefficient (Wildman–Crippen LogP) is 0.766. The molecule has 1 saturated heterocycles. The fourth-order valence-corrected chi connectivity index (χ4v) is 2.70. The molecule has 0 unspecified atom stereocenters. The van der Waals surface area contributed by atoms with Gasteiger partial charge in [0.05, 0.1) is 5.92 Å². The molecule has 1 aliphatic heterocycles. The number of nitrogens with zero attached hydrogens (tertiary/aromatic N) is 1. The number of hydrogen-bond donors (Lipinski definition) is 2. The number of carbonyl (C=O) groups excluding carboxylic acids is 2. The molecule has 2 amide bonds. The number of benzene rings is 1. The Morgan fingerprint density at radius 3 is 2.80 bits per heavy atom. The normalized spacial score (nSPS) is 21.9. The molecular weight excluding hydrogens is 280 g/mol. The van der Waals surface area contributed by atoms with E-state index < -0.39 is 0 Å². The molecule has 5 nitrogen and oxygen atoms in total. The number of carbonyl (C=O) groups is 2. The van der Waals surface area contributed by atoms with Crippen LogP contribution in [0, 0.1) is 11.8 Å². The van der Waals surface area contributed by atoms with Crippen LogP contribution in [-0.4, -0.2) is 48.6 Å². The molecule has 0 aromatic heterocycles. The zero-order chi connectivity index (χ0) is 14.7. The van der Waals surface area contributed by atoms with Crippen LogP contribution in [0.2, 0.25) is 5.02 Å². The van der Waals surface area contributed by atoms with Gasteiger partial charge in [0.2, 0.25) is 5.91 Å². The zero-order valence-electron chi connectivity index (χ0n) is 11.2. The maximum Gasteiger partial charge on any atom is 0.253 e. The number of halogens is 1. The zero-order valence-corrected chi connectivity index (χ0v) is 11.9. The molecule has 0 saturated carbocycles. The molecule has 0 aliphatic carbocycles. The minimum Gasteiger partial charge on any atom is -0.396 e. The maximum absolute atomic E-state index is 12.4. The second-order valence-corrected chi connectivity index (χ2v) is 5.32. The molecule has 1 aromatic rings. The summed E-state index contributed by atoms with van der Waals surface area (Å²) in [5, 5.41) is 12.4. The average Bonchev–Trinajstić information content (AvgIpc) is 2.89. The van der Waals surface area contributed by atoms with Crippen LogP contribution >= 0.6 is 11.6 Å². The third-order valence-electron chi connectivity index (χ3n) is 3.62. The Hall–Kier alpha value is -1.59. The van der Waals surface area contributed by atoms with Gasteiger partial charge in [0.1, 0.15) is 0 Å². The summed E-state index contributed by atoms with van der Waals surface area (Å²) >= 11 is 5.88. The molecular formula is C14H17ClN2O3. The topological polar surface area (TPSA) is 69.6 Å². The number of nitrogens with one attached hydrogen (secondary N) is 1. The summed E-state index contributed by atoms with van der Waals surface area (Å²) in [7, 11) is 1.55. The first-order chi connectivity index (χ1) is 9.56. The number of hydrogen-bond acceptors (Lipinski definition) is 3. The summed E-state index contributed by atoms with van der Waals surface area (Å²) in [6, 6.07) is 6.71. The van der Waals surface area contributed by atoms with Gasteiger partial charge in [-0.25, -0.2) is 0 Å². The maximum atomic E-state index is 12.4. The van der Waals surface area contributed by atoms with Gasteiger partial charge in [-0.1, -0.05) is 17.7 Å². The van der Waals surface area contributed by atoms with Gasteiger partial charge in [0.25, 0.3) is 5.91 Å². The lowest BCUT2D eigenvalue weighted by atomic mass is 9.96.